The van der Waals surface area contributed by atoms with Gasteiger partial charge in [-0.2, -0.15) is 5.10 Å². The fraction of sp³-hybridized carbons (Fsp3) is 0.111. The van der Waals surface area contributed by atoms with Crippen molar-refractivity contribution in [1.29, 1.82) is 0 Å². The summed E-state index contributed by atoms with van der Waals surface area (Å²) in [7, 11) is 1.37. The molecule has 0 aliphatic carbocycles. The molecule has 2 aromatic rings. The van der Waals surface area contributed by atoms with E-state index in [-0.39, 0.29) is 5.97 Å². The van der Waals surface area contributed by atoms with Crippen LogP contribution in [0.1, 0.15) is 10.4 Å². The Morgan fingerprint density at radius 1 is 1.57 bits per heavy atom. The summed E-state index contributed by atoms with van der Waals surface area (Å²) in [5.41, 5.74) is 1.41. The smallest absolute Gasteiger partial charge is 0.339 e. The number of methoxy groups -OCH3 is 1. The van der Waals surface area contributed by atoms with Crippen LogP contribution in [-0.2, 0) is 4.74 Å². The minimum atomic E-state index is -0.332. The van der Waals surface area contributed by atoms with Gasteiger partial charge >= 0.3 is 5.97 Å². The third-order valence-corrected chi connectivity index (χ3v) is 2.86. The number of ether oxygens (including phenoxy) is 1. The molecule has 4 nitrogen and oxygen atoms in total. The lowest BCUT2D eigenvalue weighted by atomic mass is 10.1. The highest BCUT2D eigenvalue weighted by atomic mass is 127. The molecule has 0 amide bonds. The highest BCUT2D eigenvalue weighted by molar-refractivity contribution is 14.1. The van der Waals surface area contributed by atoms with E-state index in [9.17, 15) is 4.79 Å². The minimum absolute atomic E-state index is 0.332. The Labute approximate surface area is 93.8 Å². The molecule has 0 aliphatic rings. The van der Waals surface area contributed by atoms with Crippen molar-refractivity contribution in [2.45, 2.75) is 0 Å². The Hall–Kier alpha value is -1.11. The van der Waals surface area contributed by atoms with E-state index in [1.165, 1.54) is 7.11 Å². The Morgan fingerprint density at radius 3 is 3.07 bits per heavy atom. The van der Waals surface area contributed by atoms with Crippen molar-refractivity contribution >= 4 is 39.5 Å². The van der Waals surface area contributed by atoms with Gasteiger partial charge in [0.1, 0.15) is 0 Å². The summed E-state index contributed by atoms with van der Waals surface area (Å²) in [6.45, 7) is 0. The molecule has 1 N–H and O–H groups in total. The van der Waals surface area contributed by atoms with E-state index in [1.54, 1.807) is 6.20 Å². The molecule has 5 heteroatoms. The fourth-order valence-corrected chi connectivity index (χ4v) is 1.99. The molecule has 0 unspecified atom stereocenters. The lowest BCUT2D eigenvalue weighted by Crippen LogP contribution is -2.04. The van der Waals surface area contributed by atoms with Gasteiger partial charge in [-0.25, -0.2) is 4.79 Å². The second-order valence-corrected chi connectivity index (χ2v) is 3.91. The zero-order valence-corrected chi connectivity index (χ0v) is 9.53. The highest BCUT2D eigenvalue weighted by Gasteiger charge is 2.15. The van der Waals surface area contributed by atoms with Crippen molar-refractivity contribution in [3.8, 4) is 0 Å². The van der Waals surface area contributed by atoms with Crippen LogP contribution in [0.2, 0.25) is 0 Å². The predicted molar refractivity (Wildman–Crippen MR) is 60.2 cm³/mol. The molecule has 0 saturated carbocycles. The molecule has 1 aromatic carbocycles. The lowest BCUT2D eigenvalue weighted by molar-refractivity contribution is 0.0602. The molecule has 0 saturated heterocycles. The van der Waals surface area contributed by atoms with Crippen molar-refractivity contribution in [3.63, 3.8) is 0 Å². The minimum Gasteiger partial charge on any atom is -0.465 e. The Morgan fingerprint density at radius 2 is 2.36 bits per heavy atom. The topological polar surface area (TPSA) is 55.0 Å². The van der Waals surface area contributed by atoms with E-state index in [2.05, 4.69) is 32.8 Å². The molecule has 2 rings (SSSR count). The SMILES string of the molecule is COC(=O)c1c(I)ccc2[nH]ncc12. The number of nitrogens with one attached hydrogen (secondary N) is 1. The second-order valence-electron chi connectivity index (χ2n) is 2.75. The van der Waals surface area contributed by atoms with Gasteiger partial charge in [-0.3, -0.25) is 5.10 Å². The summed E-state index contributed by atoms with van der Waals surface area (Å²) >= 11 is 2.10. The van der Waals surface area contributed by atoms with Gasteiger partial charge in [0.05, 0.1) is 24.4 Å². The number of carbonyl (C=O) groups excluding carboxylic acids is 1. The average Bonchev–Trinajstić information content (AvgIpc) is 2.64. The van der Waals surface area contributed by atoms with Crippen LogP contribution in [0.3, 0.4) is 0 Å². The normalized spacial score (nSPS) is 10.4. The molecule has 1 heterocycles. The number of aromatic amines is 1. The van der Waals surface area contributed by atoms with Crippen LogP contribution in [0, 0.1) is 3.57 Å². The molecule has 1 aromatic heterocycles. The first-order valence-corrected chi connectivity index (χ1v) is 5.02. The van der Waals surface area contributed by atoms with E-state index in [0.717, 1.165) is 14.5 Å². The standard InChI is InChI=1S/C9H7IN2O2/c1-14-9(13)8-5-4-11-12-7(5)3-2-6(8)10/h2-4H,1H3,(H,11,12). The summed E-state index contributed by atoms with van der Waals surface area (Å²) in [6, 6.07) is 3.74. The number of rotatable bonds is 1. The molecule has 0 spiro atoms. The maximum absolute atomic E-state index is 11.5. The van der Waals surface area contributed by atoms with E-state index in [1.807, 2.05) is 12.1 Å². The number of H-pyrrole nitrogens is 1. The van der Waals surface area contributed by atoms with Gasteiger partial charge in [0, 0.05) is 8.96 Å². The van der Waals surface area contributed by atoms with Crippen LogP contribution in [0.25, 0.3) is 10.9 Å². The predicted octanol–water partition coefficient (Wildman–Crippen LogP) is 1.95. The van der Waals surface area contributed by atoms with Gasteiger partial charge in [0.2, 0.25) is 0 Å². The number of nitrogens with zero attached hydrogens (tertiary/aromatic N) is 1. The fourth-order valence-electron chi connectivity index (χ4n) is 1.30. The number of carbonyl (C=O) groups is 1. The van der Waals surface area contributed by atoms with E-state index in [4.69, 9.17) is 4.74 Å². The van der Waals surface area contributed by atoms with Crippen molar-refractivity contribution in [3.05, 3.63) is 27.5 Å². The van der Waals surface area contributed by atoms with E-state index < -0.39 is 0 Å². The number of halogens is 1. The maximum atomic E-state index is 11.5. The molecular weight excluding hydrogens is 295 g/mol. The summed E-state index contributed by atoms with van der Waals surface area (Å²) in [5, 5.41) is 7.48. The van der Waals surface area contributed by atoms with Gasteiger partial charge in [-0.15, -0.1) is 0 Å². The first-order chi connectivity index (χ1) is 6.74. The second kappa shape index (κ2) is 3.56. The molecule has 0 radical (unpaired) electrons. The largest absolute Gasteiger partial charge is 0.465 e. The third kappa shape index (κ3) is 1.37. The number of fused-ring (bicyclic) bond motifs is 1. The van der Waals surface area contributed by atoms with Gasteiger partial charge in [-0.1, -0.05) is 0 Å². The monoisotopic (exact) mass is 302 g/mol. The Bertz CT molecular complexity index is 493. The molecule has 0 aliphatic heterocycles. The zero-order chi connectivity index (χ0) is 10.1. The third-order valence-electron chi connectivity index (χ3n) is 1.96. The number of esters is 1. The first-order valence-electron chi connectivity index (χ1n) is 3.94. The lowest BCUT2D eigenvalue weighted by Gasteiger charge is -2.02. The van der Waals surface area contributed by atoms with Crippen molar-refractivity contribution in [1.82, 2.24) is 10.2 Å². The summed E-state index contributed by atoms with van der Waals surface area (Å²) < 4.78 is 5.57. The quantitative estimate of drug-likeness (QED) is 0.647. The molecule has 72 valence electrons. The molecule has 0 fully saturated rings. The maximum Gasteiger partial charge on any atom is 0.339 e. The summed E-state index contributed by atoms with van der Waals surface area (Å²) in [5.74, 6) is -0.332. The van der Waals surface area contributed by atoms with Crippen molar-refractivity contribution < 1.29 is 9.53 Å². The number of benzene rings is 1. The van der Waals surface area contributed by atoms with Gasteiger partial charge in [0.15, 0.2) is 0 Å². The Balaban J connectivity index is 2.76. The van der Waals surface area contributed by atoms with E-state index >= 15 is 0 Å². The molecule has 14 heavy (non-hydrogen) atoms. The van der Waals surface area contributed by atoms with Crippen LogP contribution in [0.5, 0.6) is 0 Å². The van der Waals surface area contributed by atoms with Crippen LogP contribution < -0.4 is 0 Å². The number of aromatic nitrogens is 2. The average molecular weight is 302 g/mol. The molecule has 0 atom stereocenters. The number of hydrogen-bond acceptors (Lipinski definition) is 3. The Kier molecular flexibility index (Phi) is 2.40. The van der Waals surface area contributed by atoms with Crippen LogP contribution in [0.15, 0.2) is 18.3 Å². The van der Waals surface area contributed by atoms with Gasteiger partial charge < -0.3 is 4.74 Å². The first kappa shape index (κ1) is 9.45. The van der Waals surface area contributed by atoms with E-state index in [0.29, 0.717) is 5.56 Å². The zero-order valence-electron chi connectivity index (χ0n) is 7.37. The van der Waals surface area contributed by atoms with Crippen molar-refractivity contribution in [2.24, 2.45) is 0 Å². The van der Waals surface area contributed by atoms with Gasteiger partial charge in [0.25, 0.3) is 0 Å². The van der Waals surface area contributed by atoms with Crippen LogP contribution in [0.4, 0.5) is 0 Å². The number of hydrogen-bond donors (Lipinski definition) is 1. The summed E-state index contributed by atoms with van der Waals surface area (Å²) in [4.78, 5) is 11.5. The molecular formula is C9H7IN2O2. The van der Waals surface area contributed by atoms with Gasteiger partial charge in [-0.05, 0) is 34.7 Å². The van der Waals surface area contributed by atoms with Crippen molar-refractivity contribution in [2.75, 3.05) is 7.11 Å². The molecule has 0 bridgehead atoms. The van der Waals surface area contributed by atoms with Crippen LogP contribution >= 0.6 is 22.6 Å². The highest BCUT2D eigenvalue weighted by Crippen LogP contribution is 2.22. The van der Waals surface area contributed by atoms with Crippen LogP contribution in [-0.4, -0.2) is 23.3 Å². The summed E-state index contributed by atoms with van der Waals surface area (Å²) in [6.07, 6.45) is 1.63.